The Labute approximate surface area is 402 Å². The lowest BCUT2D eigenvalue weighted by Gasteiger charge is -2.32. The number of fused-ring (bicyclic) bond motifs is 13. The summed E-state index contributed by atoms with van der Waals surface area (Å²) in [6.07, 6.45) is 0. The second-order valence-corrected chi connectivity index (χ2v) is 18.4. The van der Waals surface area contributed by atoms with Crippen LogP contribution in [0.4, 0.5) is 17.1 Å². The first-order valence-electron chi connectivity index (χ1n) is 23.9. The number of aromatic nitrogens is 1. The molecule has 0 saturated carbocycles. The molecule has 14 rings (SSSR count). The van der Waals surface area contributed by atoms with Crippen LogP contribution in [0.25, 0.3) is 83.1 Å². The summed E-state index contributed by atoms with van der Waals surface area (Å²) in [4.78, 5) is 2.43. The fourth-order valence-electron chi connectivity index (χ4n) is 11.8. The third kappa shape index (κ3) is 5.92. The zero-order valence-corrected chi connectivity index (χ0v) is 37.8. The van der Waals surface area contributed by atoms with Gasteiger partial charge in [0.25, 0.3) is 0 Å². The minimum atomic E-state index is -0.564. The Balaban J connectivity index is 0.983. The van der Waals surface area contributed by atoms with E-state index in [1.54, 1.807) is 0 Å². The van der Waals surface area contributed by atoms with E-state index >= 15 is 0 Å². The van der Waals surface area contributed by atoms with Gasteiger partial charge in [-0.3, -0.25) is 0 Å². The highest BCUT2D eigenvalue weighted by Crippen LogP contribution is 2.64. The molecule has 2 aliphatic carbocycles. The fourth-order valence-corrected chi connectivity index (χ4v) is 11.8. The molecule has 0 saturated heterocycles. The van der Waals surface area contributed by atoms with Crippen molar-refractivity contribution in [2.75, 3.05) is 4.90 Å². The maximum atomic E-state index is 2.52. The van der Waals surface area contributed by atoms with Crippen LogP contribution in [0.2, 0.25) is 0 Å². The van der Waals surface area contributed by atoms with Gasteiger partial charge in [-0.15, -0.1) is 0 Å². The quantitative estimate of drug-likeness (QED) is 0.155. The van der Waals surface area contributed by atoms with Crippen molar-refractivity contribution in [2.45, 2.75) is 5.41 Å². The number of hydrogen-bond acceptors (Lipinski definition) is 1. The second kappa shape index (κ2) is 15.6. The molecule has 0 N–H and O–H groups in total. The van der Waals surface area contributed by atoms with Crippen LogP contribution in [0, 0.1) is 0 Å². The van der Waals surface area contributed by atoms with Crippen molar-refractivity contribution in [2.24, 2.45) is 0 Å². The Bertz CT molecular complexity index is 3760. The average molecular weight is 877 g/mol. The number of anilines is 3. The van der Waals surface area contributed by atoms with E-state index < -0.39 is 5.41 Å². The first kappa shape index (κ1) is 39.2. The van der Waals surface area contributed by atoms with Crippen LogP contribution in [0.3, 0.4) is 0 Å². The zero-order chi connectivity index (χ0) is 45.5. The maximum Gasteiger partial charge on any atom is 0.0726 e. The SMILES string of the molecule is c1ccc(-c2ccc(N(c3ccc(-c4ccccc4)cc3)c3ccc4c(c3)C3(c5ccccc5-c5ccccc53)c3cc(-c5ccccc5-n5c6ccccc6c6ccccc65)ccc3-4)cc2)cc1. The lowest BCUT2D eigenvalue weighted by molar-refractivity contribution is 0.794. The Kier molecular flexibility index (Phi) is 8.84. The fraction of sp³-hybridized carbons (Fsp3) is 0.0149. The summed E-state index contributed by atoms with van der Waals surface area (Å²) in [6.45, 7) is 0. The van der Waals surface area contributed by atoms with Crippen molar-refractivity contribution in [3.63, 3.8) is 0 Å². The monoisotopic (exact) mass is 876 g/mol. The summed E-state index contributed by atoms with van der Waals surface area (Å²) in [6, 6.07) is 98.6. The van der Waals surface area contributed by atoms with Gasteiger partial charge in [0.2, 0.25) is 0 Å². The molecule has 1 spiro atoms. The molecule has 322 valence electrons. The summed E-state index contributed by atoms with van der Waals surface area (Å²) < 4.78 is 2.46. The van der Waals surface area contributed by atoms with Gasteiger partial charge in [0.1, 0.15) is 0 Å². The van der Waals surface area contributed by atoms with Crippen molar-refractivity contribution in [3.8, 4) is 61.3 Å². The van der Waals surface area contributed by atoms with Crippen molar-refractivity contribution in [3.05, 3.63) is 289 Å². The van der Waals surface area contributed by atoms with Gasteiger partial charge in [-0.2, -0.15) is 0 Å². The first-order valence-corrected chi connectivity index (χ1v) is 23.9. The van der Waals surface area contributed by atoms with E-state index in [0.717, 1.165) is 17.1 Å². The van der Waals surface area contributed by atoms with Crippen molar-refractivity contribution in [1.29, 1.82) is 0 Å². The van der Waals surface area contributed by atoms with Crippen LogP contribution < -0.4 is 4.90 Å². The summed E-state index contributed by atoms with van der Waals surface area (Å²) in [5.74, 6) is 0. The molecule has 11 aromatic carbocycles. The molecule has 0 radical (unpaired) electrons. The number of hydrogen-bond donors (Lipinski definition) is 0. The molecule has 2 aliphatic rings. The van der Waals surface area contributed by atoms with Crippen LogP contribution in [0.1, 0.15) is 22.3 Å². The van der Waals surface area contributed by atoms with E-state index in [1.807, 2.05) is 0 Å². The molecule has 2 nitrogen and oxygen atoms in total. The van der Waals surface area contributed by atoms with Gasteiger partial charge in [0, 0.05) is 33.4 Å². The Hall–Kier alpha value is -8.98. The van der Waals surface area contributed by atoms with E-state index in [0.29, 0.717) is 0 Å². The predicted octanol–water partition coefficient (Wildman–Crippen LogP) is 17.6. The molecule has 0 bridgehead atoms. The summed E-state index contributed by atoms with van der Waals surface area (Å²) in [5, 5.41) is 2.52. The molecule has 12 aromatic rings. The summed E-state index contributed by atoms with van der Waals surface area (Å²) in [5.41, 5.74) is 23.9. The van der Waals surface area contributed by atoms with Gasteiger partial charge >= 0.3 is 0 Å². The van der Waals surface area contributed by atoms with Gasteiger partial charge in [-0.1, -0.05) is 206 Å². The Morgan fingerprint density at radius 3 is 1.22 bits per heavy atom. The smallest absolute Gasteiger partial charge is 0.0726 e. The number of rotatable bonds is 7. The minimum absolute atomic E-state index is 0.564. The van der Waals surface area contributed by atoms with Crippen LogP contribution in [-0.4, -0.2) is 4.57 Å². The molecular formula is C67H44N2. The van der Waals surface area contributed by atoms with E-state index in [-0.39, 0.29) is 0 Å². The highest BCUT2D eigenvalue weighted by atomic mass is 15.1. The maximum absolute atomic E-state index is 2.52. The molecular weight excluding hydrogens is 833 g/mol. The zero-order valence-electron chi connectivity index (χ0n) is 37.8. The summed E-state index contributed by atoms with van der Waals surface area (Å²) in [7, 11) is 0. The van der Waals surface area contributed by atoms with Gasteiger partial charge in [-0.25, -0.2) is 0 Å². The molecule has 0 aliphatic heterocycles. The van der Waals surface area contributed by atoms with Crippen LogP contribution in [0.15, 0.2) is 267 Å². The molecule has 0 fully saturated rings. The van der Waals surface area contributed by atoms with Crippen LogP contribution in [0.5, 0.6) is 0 Å². The average Bonchev–Trinajstić information content (AvgIpc) is 4.03. The number of nitrogens with zero attached hydrogens (tertiary/aromatic N) is 2. The molecule has 1 heterocycles. The highest BCUT2D eigenvalue weighted by molar-refractivity contribution is 6.10. The van der Waals surface area contributed by atoms with E-state index in [2.05, 4.69) is 276 Å². The Morgan fingerprint density at radius 2 is 0.652 bits per heavy atom. The molecule has 69 heavy (non-hydrogen) atoms. The van der Waals surface area contributed by atoms with Crippen LogP contribution in [-0.2, 0) is 5.41 Å². The standard InChI is InChI=1S/C67H44N2/c1-3-17-45(18-4-1)47-31-36-50(37-32-47)68(51-38-33-48(34-39-51)46-19-5-2-6-20-46)52-40-42-57-56-41-35-49(43-62(56)67(63(57)44-52)60-26-12-7-22-54(60)55-23-8-13-27-61(55)67)53-21-9-14-28-64(53)69-65-29-15-10-24-58(65)59-25-11-16-30-66(59)69/h1-44H. The minimum Gasteiger partial charge on any atom is -0.310 e. The third-order valence-electron chi connectivity index (χ3n) is 14.8. The second-order valence-electron chi connectivity index (χ2n) is 18.4. The highest BCUT2D eigenvalue weighted by Gasteiger charge is 2.52. The third-order valence-corrected chi connectivity index (χ3v) is 14.8. The number of benzene rings is 11. The molecule has 0 atom stereocenters. The van der Waals surface area contributed by atoms with E-state index in [1.165, 1.54) is 105 Å². The van der Waals surface area contributed by atoms with Gasteiger partial charge in [0.05, 0.1) is 22.1 Å². The predicted molar refractivity (Wildman–Crippen MR) is 288 cm³/mol. The molecule has 1 aromatic heterocycles. The largest absolute Gasteiger partial charge is 0.310 e. The lowest BCUT2D eigenvalue weighted by atomic mass is 9.70. The molecule has 0 unspecified atom stereocenters. The van der Waals surface area contributed by atoms with Crippen LogP contribution >= 0.6 is 0 Å². The Morgan fingerprint density at radius 1 is 0.261 bits per heavy atom. The van der Waals surface area contributed by atoms with Gasteiger partial charge in [-0.05, 0) is 133 Å². The van der Waals surface area contributed by atoms with E-state index in [9.17, 15) is 0 Å². The van der Waals surface area contributed by atoms with Gasteiger partial charge < -0.3 is 9.47 Å². The molecule has 2 heteroatoms. The normalized spacial score (nSPS) is 12.8. The van der Waals surface area contributed by atoms with Crippen molar-refractivity contribution in [1.82, 2.24) is 4.57 Å². The van der Waals surface area contributed by atoms with Gasteiger partial charge in [0.15, 0.2) is 0 Å². The molecule has 0 amide bonds. The topological polar surface area (TPSA) is 8.17 Å². The van der Waals surface area contributed by atoms with Crippen molar-refractivity contribution < 1.29 is 0 Å². The number of para-hydroxylation sites is 3. The van der Waals surface area contributed by atoms with Crippen molar-refractivity contribution >= 4 is 38.9 Å². The van der Waals surface area contributed by atoms with E-state index in [4.69, 9.17) is 0 Å². The lowest BCUT2D eigenvalue weighted by Crippen LogP contribution is -2.26. The first-order chi connectivity index (χ1) is 34.2. The summed E-state index contributed by atoms with van der Waals surface area (Å²) >= 11 is 0.